The fourth-order valence-corrected chi connectivity index (χ4v) is 3.04. The lowest BCUT2D eigenvalue weighted by Crippen LogP contribution is -2.12. The number of nitro groups is 1. The lowest BCUT2D eigenvalue weighted by Gasteiger charge is -2.03. The van der Waals surface area contributed by atoms with Gasteiger partial charge in [-0.15, -0.1) is 17.9 Å². The predicted octanol–water partition coefficient (Wildman–Crippen LogP) is 3.49. The van der Waals surface area contributed by atoms with Crippen LogP contribution in [0.5, 0.6) is 0 Å². The maximum Gasteiger partial charge on any atom is 0.269 e. The third-order valence-electron chi connectivity index (χ3n) is 3.42. The van der Waals surface area contributed by atoms with Crippen molar-refractivity contribution in [2.24, 2.45) is 10.1 Å². The maximum atomic E-state index is 10.8. The molecule has 3 rings (SSSR count). The number of benzene rings is 1. The Balaban J connectivity index is 2.05. The number of rotatable bonds is 6. The Morgan fingerprint density at radius 3 is 2.77 bits per heavy atom. The molecule has 0 bridgehead atoms. The van der Waals surface area contributed by atoms with E-state index < -0.39 is 4.92 Å². The summed E-state index contributed by atoms with van der Waals surface area (Å²) in [5.41, 5.74) is 2.52. The SMILES string of the molecule is C=CCN=c1scc(-c2ccc([N+](=O)[O-])cc2)n1N=Cc1cccnc1. The monoisotopic (exact) mass is 365 g/mol. The normalized spacial score (nSPS) is 11.8. The number of aromatic nitrogens is 2. The predicted molar refractivity (Wildman–Crippen MR) is 102 cm³/mol. The van der Waals surface area contributed by atoms with Crippen molar-refractivity contribution in [3.63, 3.8) is 0 Å². The molecule has 0 N–H and O–H groups in total. The molecule has 2 heterocycles. The fraction of sp³-hybridized carbons (Fsp3) is 0.0556. The molecule has 0 aliphatic rings. The van der Waals surface area contributed by atoms with Crippen molar-refractivity contribution in [2.45, 2.75) is 0 Å². The highest BCUT2D eigenvalue weighted by Gasteiger charge is 2.10. The summed E-state index contributed by atoms with van der Waals surface area (Å²) < 4.78 is 1.71. The fourth-order valence-electron chi connectivity index (χ4n) is 2.19. The van der Waals surface area contributed by atoms with Gasteiger partial charge in [0.15, 0.2) is 0 Å². The van der Waals surface area contributed by atoms with Gasteiger partial charge in [0.2, 0.25) is 4.80 Å². The van der Waals surface area contributed by atoms with E-state index in [2.05, 4.69) is 21.7 Å². The van der Waals surface area contributed by atoms with Crippen LogP contribution in [0.3, 0.4) is 0 Å². The molecule has 0 fully saturated rings. The number of pyridine rings is 1. The molecular formula is C18H15N5O2S. The standard InChI is InChI=1S/C18H15N5O2S/c1-2-9-20-18-22(21-12-14-4-3-10-19-11-14)17(13-26-18)15-5-7-16(8-6-15)23(24)25/h2-8,10-13H,1,9H2. The van der Waals surface area contributed by atoms with E-state index in [0.717, 1.165) is 16.8 Å². The van der Waals surface area contributed by atoms with Crippen LogP contribution in [-0.4, -0.2) is 27.3 Å². The zero-order valence-electron chi connectivity index (χ0n) is 13.7. The summed E-state index contributed by atoms with van der Waals surface area (Å²) in [6, 6.07) is 10.1. The van der Waals surface area contributed by atoms with Gasteiger partial charge >= 0.3 is 0 Å². The average Bonchev–Trinajstić information content (AvgIpc) is 3.08. The van der Waals surface area contributed by atoms with Gasteiger partial charge in [0.25, 0.3) is 5.69 Å². The van der Waals surface area contributed by atoms with Crippen LogP contribution in [-0.2, 0) is 0 Å². The topological polar surface area (TPSA) is 85.7 Å². The molecule has 8 heteroatoms. The summed E-state index contributed by atoms with van der Waals surface area (Å²) in [5, 5.41) is 17.3. The zero-order chi connectivity index (χ0) is 18.4. The highest BCUT2D eigenvalue weighted by Crippen LogP contribution is 2.23. The van der Waals surface area contributed by atoms with Crippen molar-refractivity contribution >= 4 is 23.2 Å². The first kappa shape index (κ1) is 17.4. The molecule has 1 aromatic carbocycles. The second-order valence-corrected chi connectivity index (χ2v) is 6.02. The number of thiazole rings is 1. The van der Waals surface area contributed by atoms with E-state index in [-0.39, 0.29) is 5.69 Å². The molecule has 2 aromatic heterocycles. The molecule has 0 radical (unpaired) electrons. The van der Waals surface area contributed by atoms with E-state index in [1.807, 2.05) is 17.5 Å². The first-order chi connectivity index (χ1) is 12.7. The summed E-state index contributed by atoms with van der Waals surface area (Å²) in [7, 11) is 0. The second kappa shape index (κ2) is 8.13. The molecule has 0 atom stereocenters. The van der Waals surface area contributed by atoms with Crippen LogP contribution < -0.4 is 4.80 Å². The molecule has 0 aliphatic carbocycles. The Morgan fingerprint density at radius 2 is 2.12 bits per heavy atom. The van der Waals surface area contributed by atoms with Gasteiger partial charge in [-0.3, -0.25) is 20.1 Å². The van der Waals surface area contributed by atoms with Crippen LogP contribution in [0.4, 0.5) is 5.69 Å². The Bertz CT molecular complexity index is 1000. The van der Waals surface area contributed by atoms with Crippen LogP contribution in [0.2, 0.25) is 0 Å². The van der Waals surface area contributed by atoms with Gasteiger partial charge in [-0.05, 0) is 18.2 Å². The summed E-state index contributed by atoms with van der Waals surface area (Å²) >= 11 is 1.44. The smallest absolute Gasteiger partial charge is 0.264 e. The molecule has 0 spiro atoms. The van der Waals surface area contributed by atoms with E-state index >= 15 is 0 Å². The third kappa shape index (κ3) is 3.98. The zero-order valence-corrected chi connectivity index (χ0v) is 14.5. The molecule has 0 saturated carbocycles. The highest BCUT2D eigenvalue weighted by atomic mass is 32.1. The van der Waals surface area contributed by atoms with Crippen molar-refractivity contribution in [3.05, 3.63) is 87.3 Å². The van der Waals surface area contributed by atoms with Gasteiger partial charge < -0.3 is 0 Å². The van der Waals surface area contributed by atoms with Gasteiger partial charge in [-0.2, -0.15) is 5.10 Å². The minimum atomic E-state index is -0.420. The molecule has 130 valence electrons. The van der Waals surface area contributed by atoms with E-state index in [1.54, 1.807) is 41.5 Å². The Labute approximate surface area is 153 Å². The average molecular weight is 365 g/mol. The second-order valence-electron chi connectivity index (χ2n) is 5.18. The van der Waals surface area contributed by atoms with Crippen molar-refractivity contribution in [3.8, 4) is 11.3 Å². The first-order valence-electron chi connectivity index (χ1n) is 7.70. The number of hydrogen-bond donors (Lipinski definition) is 0. The Hall–Kier alpha value is -3.39. The molecular weight excluding hydrogens is 350 g/mol. The number of non-ortho nitro benzene ring substituents is 1. The van der Waals surface area contributed by atoms with Crippen molar-refractivity contribution in [1.29, 1.82) is 0 Å². The van der Waals surface area contributed by atoms with Crippen molar-refractivity contribution in [2.75, 3.05) is 6.54 Å². The Morgan fingerprint density at radius 1 is 1.31 bits per heavy atom. The number of hydrogen-bond acceptors (Lipinski definition) is 6. The molecule has 3 aromatic rings. The summed E-state index contributed by atoms with van der Waals surface area (Å²) in [6.07, 6.45) is 6.81. The quantitative estimate of drug-likeness (QED) is 0.290. The van der Waals surface area contributed by atoms with E-state index in [0.29, 0.717) is 11.3 Å². The lowest BCUT2D eigenvalue weighted by atomic mass is 10.1. The third-order valence-corrected chi connectivity index (χ3v) is 4.28. The van der Waals surface area contributed by atoms with Crippen LogP contribution in [0.15, 0.2) is 76.9 Å². The van der Waals surface area contributed by atoms with Crippen LogP contribution >= 0.6 is 11.3 Å². The molecule has 0 saturated heterocycles. The lowest BCUT2D eigenvalue weighted by molar-refractivity contribution is -0.384. The van der Waals surface area contributed by atoms with E-state index in [1.165, 1.54) is 23.5 Å². The first-order valence-corrected chi connectivity index (χ1v) is 8.58. The summed E-state index contributed by atoms with van der Waals surface area (Å²) in [6.45, 7) is 4.16. The molecule has 26 heavy (non-hydrogen) atoms. The van der Waals surface area contributed by atoms with Crippen molar-refractivity contribution < 1.29 is 4.92 Å². The number of nitrogens with zero attached hydrogens (tertiary/aromatic N) is 5. The van der Waals surface area contributed by atoms with Crippen LogP contribution in [0, 0.1) is 10.1 Å². The molecule has 0 unspecified atom stereocenters. The van der Waals surface area contributed by atoms with Gasteiger partial charge in [0.05, 0.1) is 23.4 Å². The maximum absolute atomic E-state index is 10.8. The van der Waals surface area contributed by atoms with Crippen LogP contribution in [0.25, 0.3) is 11.3 Å². The minimum absolute atomic E-state index is 0.0472. The molecule has 7 nitrogen and oxygen atoms in total. The minimum Gasteiger partial charge on any atom is -0.264 e. The van der Waals surface area contributed by atoms with E-state index in [9.17, 15) is 10.1 Å². The molecule has 0 amide bonds. The Kier molecular flexibility index (Phi) is 5.45. The number of nitro benzene ring substituents is 1. The summed E-state index contributed by atoms with van der Waals surface area (Å²) in [4.78, 5) is 19.7. The molecule has 0 aliphatic heterocycles. The summed E-state index contributed by atoms with van der Waals surface area (Å²) in [5.74, 6) is 0. The highest BCUT2D eigenvalue weighted by molar-refractivity contribution is 7.07. The van der Waals surface area contributed by atoms with Gasteiger partial charge in [-0.25, -0.2) is 4.68 Å². The van der Waals surface area contributed by atoms with E-state index in [4.69, 9.17) is 0 Å². The van der Waals surface area contributed by atoms with Gasteiger partial charge in [-0.1, -0.05) is 12.1 Å². The largest absolute Gasteiger partial charge is 0.269 e. The van der Waals surface area contributed by atoms with Gasteiger partial charge in [0.1, 0.15) is 0 Å². The van der Waals surface area contributed by atoms with Crippen molar-refractivity contribution in [1.82, 2.24) is 9.66 Å². The van der Waals surface area contributed by atoms with Gasteiger partial charge in [0, 0.05) is 41.0 Å². The van der Waals surface area contributed by atoms with Crippen LogP contribution in [0.1, 0.15) is 5.56 Å².